The Morgan fingerprint density at radius 1 is 1.33 bits per heavy atom. The van der Waals surface area contributed by atoms with Crippen LogP contribution in [-0.4, -0.2) is 18.0 Å². The largest absolute Gasteiger partial charge is 0.453 e. The van der Waals surface area contributed by atoms with Gasteiger partial charge in [0.15, 0.2) is 0 Å². The number of ether oxygens (including phenoxy) is 1. The van der Waals surface area contributed by atoms with Gasteiger partial charge in [0, 0.05) is 0 Å². The molecule has 1 rings (SSSR count). The second-order valence-corrected chi connectivity index (χ2v) is 4.02. The summed E-state index contributed by atoms with van der Waals surface area (Å²) in [5.74, 6) is 0. The summed E-state index contributed by atoms with van der Waals surface area (Å²) in [7, 11) is 1.29. The minimum atomic E-state index is -0.730. The molecule has 1 atom stereocenters. The number of alkyl carbamates (subject to hydrolysis) is 1. The Balaban J connectivity index is 2.79. The van der Waals surface area contributed by atoms with Crippen LogP contribution in [-0.2, 0) is 4.74 Å². The van der Waals surface area contributed by atoms with Gasteiger partial charge < -0.3 is 10.1 Å². The number of carbonyl (C=O) groups excluding carboxylic acids is 1. The van der Waals surface area contributed by atoms with Crippen LogP contribution in [0, 0.1) is 0 Å². The lowest BCUT2D eigenvalue weighted by Crippen LogP contribution is -2.32. The van der Waals surface area contributed by atoms with E-state index in [0.717, 1.165) is 5.56 Å². The van der Waals surface area contributed by atoms with E-state index >= 15 is 0 Å². The Bertz CT molecular complexity index is 316. The number of amides is 1. The third kappa shape index (κ3) is 3.61. The Morgan fingerprint density at radius 2 is 1.93 bits per heavy atom. The summed E-state index contributed by atoms with van der Waals surface area (Å²) >= 11 is 11.5. The summed E-state index contributed by atoms with van der Waals surface area (Å²) in [4.78, 5) is 10.3. The first kappa shape index (κ1) is 12.1. The van der Waals surface area contributed by atoms with Crippen LogP contribution in [0.5, 0.6) is 0 Å². The minimum Gasteiger partial charge on any atom is -0.453 e. The van der Waals surface area contributed by atoms with E-state index in [-0.39, 0.29) is 0 Å². The molecule has 0 aromatic heterocycles. The molecule has 0 fully saturated rings. The third-order valence-corrected chi connectivity index (χ3v) is 2.37. The van der Waals surface area contributed by atoms with Crippen LogP contribution < -0.4 is 5.32 Å². The van der Waals surface area contributed by atoms with Crippen molar-refractivity contribution in [3.63, 3.8) is 0 Å². The third-order valence-electron chi connectivity index (χ3n) is 1.87. The van der Waals surface area contributed by atoms with Gasteiger partial charge in [0.25, 0.3) is 0 Å². The zero-order valence-corrected chi connectivity index (χ0v) is 9.63. The molecule has 1 amide bonds. The molecular weight excluding hydrogens is 237 g/mol. The first-order chi connectivity index (χ1) is 7.15. The molecule has 1 aromatic rings. The molecule has 15 heavy (non-hydrogen) atoms. The molecule has 0 unspecified atom stereocenters. The molecule has 0 aliphatic heterocycles. The molecule has 0 saturated carbocycles. The zero-order valence-electron chi connectivity index (χ0n) is 8.11. The van der Waals surface area contributed by atoms with Crippen molar-refractivity contribution in [3.05, 3.63) is 35.9 Å². The van der Waals surface area contributed by atoms with Crippen LogP contribution in [0.2, 0.25) is 0 Å². The van der Waals surface area contributed by atoms with Crippen molar-refractivity contribution < 1.29 is 9.53 Å². The number of carbonyl (C=O) groups is 1. The first-order valence-electron chi connectivity index (χ1n) is 4.32. The lowest BCUT2D eigenvalue weighted by atomic mass is 10.1. The van der Waals surface area contributed by atoms with Crippen molar-refractivity contribution in [2.24, 2.45) is 0 Å². The quantitative estimate of drug-likeness (QED) is 0.835. The summed E-state index contributed by atoms with van der Waals surface area (Å²) in [5.41, 5.74) is 0.831. The van der Waals surface area contributed by atoms with E-state index in [9.17, 15) is 4.79 Å². The van der Waals surface area contributed by atoms with E-state index in [1.807, 2.05) is 30.3 Å². The van der Waals surface area contributed by atoms with Gasteiger partial charge in [-0.2, -0.15) is 0 Å². The normalized spacial score (nSPS) is 12.3. The van der Waals surface area contributed by atoms with Crippen LogP contribution >= 0.6 is 23.2 Å². The average molecular weight is 248 g/mol. The maximum absolute atomic E-state index is 11.0. The average Bonchev–Trinajstić information content (AvgIpc) is 2.26. The maximum Gasteiger partial charge on any atom is 0.407 e. The highest BCUT2D eigenvalue weighted by Gasteiger charge is 2.21. The van der Waals surface area contributed by atoms with Crippen LogP contribution in [0.15, 0.2) is 30.3 Å². The molecule has 0 radical (unpaired) electrons. The smallest absolute Gasteiger partial charge is 0.407 e. The highest BCUT2D eigenvalue weighted by atomic mass is 35.5. The van der Waals surface area contributed by atoms with Crippen LogP contribution in [0.3, 0.4) is 0 Å². The predicted octanol–water partition coefficient (Wildman–Crippen LogP) is 2.89. The van der Waals surface area contributed by atoms with Gasteiger partial charge in [-0.25, -0.2) is 4.79 Å². The van der Waals surface area contributed by atoms with Crippen LogP contribution in [0.25, 0.3) is 0 Å². The molecule has 5 heteroatoms. The van der Waals surface area contributed by atoms with Gasteiger partial charge in [0.05, 0.1) is 13.2 Å². The number of rotatable bonds is 3. The van der Waals surface area contributed by atoms with E-state index in [0.29, 0.717) is 0 Å². The molecule has 3 nitrogen and oxygen atoms in total. The Labute approximate surface area is 98.3 Å². The van der Waals surface area contributed by atoms with Gasteiger partial charge in [-0.1, -0.05) is 30.3 Å². The number of benzene rings is 1. The second kappa shape index (κ2) is 5.83. The lowest BCUT2D eigenvalue weighted by molar-refractivity contribution is 0.167. The molecule has 0 aliphatic carbocycles. The van der Waals surface area contributed by atoms with Crippen molar-refractivity contribution in [1.29, 1.82) is 0 Å². The molecule has 0 spiro atoms. The van der Waals surface area contributed by atoms with Crippen LogP contribution in [0.1, 0.15) is 11.6 Å². The molecule has 1 N–H and O–H groups in total. The topological polar surface area (TPSA) is 38.3 Å². The van der Waals surface area contributed by atoms with Gasteiger partial charge >= 0.3 is 6.09 Å². The number of nitrogens with one attached hydrogen (secondary N) is 1. The van der Waals surface area contributed by atoms with E-state index in [1.165, 1.54) is 7.11 Å². The molecule has 0 bridgehead atoms. The molecule has 0 saturated heterocycles. The monoisotopic (exact) mass is 247 g/mol. The maximum atomic E-state index is 11.0. The van der Waals surface area contributed by atoms with Gasteiger partial charge in [-0.3, -0.25) is 0 Å². The number of hydrogen-bond donors (Lipinski definition) is 1. The number of alkyl halides is 2. The zero-order chi connectivity index (χ0) is 11.3. The SMILES string of the molecule is COC(=O)N[C@H](c1ccccc1)C(Cl)Cl. The fourth-order valence-electron chi connectivity index (χ4n) is 1.14. The summed E-state index contributed by atoms with van der Waals surface area (Å²) in [5, 5.41) is 2.56. The number of hydrogen-bond acceptors (Lipinski definition) is 2. The lowest BCUT2D eigenvalue weighted by Gasteiger charge is -2.19. The predicted molar refractivity (Wildman–Crippen MR) is 60.2 cm³/mol. The van der Waals surface area contributed by atoms with E-state index < -0.39 is 17.0 Å². The second-order valence-electron chi connectivity index (χ2n) is 2.86. The van der Waals surface area contributed by atoms with Gasteiger partial charge in [-0.15, -0.1) is 23.2 Å². The highest BCUT2D eigenvalue weighted by Crippen LogP contribution is 2.23. The van der Waals surface area contributed by atoms with E-state index in [1.54, 1.807) is 0 Å². The summed E-state index contributed by atoms with van der Waals surface area (Å²) in [6.45, 7) is 0. The Hall–Kier alpha value is -0.930. The Kier molecular flexibility index (Phi) is 4.72. The van der Waals surface area contributed by atoms with Crippen molar-refractivity contribution in [2.75, 3.05) is 7.11 Å². The first-order valence-corrected chi connectivity index (χ1v) is 5.20. The summed E-state index contributed by atoms with van der Waals surface area (Å²) in [6.07, 6.45) is -0.560. The summed E-state index contributed by atoms with van der Waals surface area (Å²) < 4.78 is 4.49. The molecule has 0 heterocycles. The standard InChI is InChI=1S/C10H11Cl2NO2/c1-15-10(14)13-8(9(11)12)7-5-3-2-4-6-7/h2-6,8-9H,1H3,(H,13,14)/t8-/m1/s1. The fraction of sp³-hybridized carbons (Fsp3) is 0.300. The number of halogens is 2. The minimum absolute atomic E-state index is 0.470. The van der Waals surface area contributed by atoms with Gasteiger partial charge in [-0.05, 0) is 5.56 Å². The Morgan fingerprint density at radius 3 is 2.40 bits per heavy atom. The van der Waals surface area contributed by atoms with E-state index in [2.05, 4.69) is 10.1 Å². The van der Waals surface area contributed by atoms with Crippen molar-refractivity contribution in [3.8, 4) is 0 Å². The summed E-state index contributed by atoms with van der Waals surface area (Å²) in [6, 6.07) is 8.75. The fourth-order valence-corrected chi connectivity index (χ4v) is 1.56. The van der Waals surface area contributed by atoms with Crippen molar-refractivity contribution in [1.82, 2.24) is 5.32 Å². The van der Waals surface area contributed by atoms with Crippen molar-refractivity contribution in [2.45, 2.75) is 10.9 Å². The molecule has 1 aromatic carbocycles. The van der Waals surface area contributed by atoms with E-state index in [4.69, 9.17) is 23.2 Å². The van der Waals surface area contributed by atoms with Crippen molar-refractivity contribution >= 4 is 29.3 Å². The van der Waals surface area contributed by atoms with Crippen LogP contribution in [0.4, 0.5) is 4.79 Å². The molecule has 0 aliphatic rings. The van der Waals surface area contributed by atoms with Gasteiger partial charge in [0.1, 0.15) is 4.84 Å². The molecular formula is C10H11Cl2NO2. The molecule has 82 valence electrons. The van der Waals surface area contributed by atoms with Gasteiger partial charge in [0.2, 0.25) is 0 Å². The highest BCUT2D eigenvalue weighted by molar-refractivity contribution is 6.44. The number of methoxy groups -OCH3 is 1.